The highest BCUT2D eigenvalue weighted by molar-refractivity contribution is 7.99. The normalized spacial score (nSPS) is 10.5. The highest BCUT2D eigenvalue weighted by Crippen LogP contribution is 2.20. The van der Waals surface area contributed by atoms with Crippen LogP contribution in [0.1, 0.15) is 30.1 Å². The van der Waals surface area contributed by atoms with Gasteiger partial charge in [-0.2, -0.15) is 0 Å². The molecule has 0 aliphatic heterocycles. The van der Waals surface area contributed by atoms with E-state index in [4.69, 9.17) is 4.74 Å². The molecule has 0 N–H and O–H groups in total. The van der Waals surface area contributed by atoms with Crippen LogP contribution in [-0.4, -0.2) is 18.1 Å². The second-order valence-corrected chi connectivity index (χ2v) is 5.98. The lowest BCUT2D eigenvalue weighted by molar-refractivity contribution is 0.0988. The summed E-state index contributed by atoms with van der Waals surface area (Å²) in [6.45, 7) is 2.42. The van der Waals surface area contributed by atoms with Crippen molar-refractivity contribution < 1.29 is 13.9 Å². The standard InChI is InChI=1S/C18H19FO2S/c1-2-18(20)14-7-9-17(10-8-14)22-12-4-11-21-16-6-3-5-15(19)13-16/h3,5-10,13H,2,4,11-12H2,1H3. The van der Waals surface area contributed by atoms with Gasteiger partial charge in [-0.05, 0) is 30.7 Å². The zero-order valence-electron chi connectivity index (χ0n) is 12.5. The van der Waals surface area contributed by atoms with E-state index >= 15 is 0 Å². The van der Waals surface area contributed by atoms with Crippen LogP contribution in [0.5, 0.6) is 5.75 Å². The van der Waals surface area contributed by atoms with Crippen LogP contribution in [0, 0.1) is 5.82 Å². The molecule has 0 bridgehead atoms. The quantitative estimate of drug-likeness (QED) is 0.390. The van der Waals surface area contributed by atoms with Crippen LogP contribution in [0.25, 0.3) is 0 Å². The summed E-state index contributed by atoms with van der Waals surface area (Å²) in [4.78, 5) is 12.7. The molecule has 22 heavy (non-hydrogen) atoms. The van der Waals surface area contributed by atoms with Crippen molar-refractivity contribution in [1.29, 1.82) is 0 Å². The summed E-state index contributed by atoms with van der Waals surface area (Å²) < 4.78 is 18.5. The molecule has 2 rings (SSSR count). The van der Waals surface area contributed by atoms with Crippen LogP contribution in [0.2, 0.25) is 0 Å². The van der Waals surface area contributed by atoms with Crippen molar-refractivity contribution in [2.75, 3.05) is 12.4 Å². The van der Waals surface area contributed by atoms with Crippen LogP contribution in [0.15, 0.2) is 53.4 Å². The molecule has 0 aromatic heterocycles. The second kappa shape index (κ2) is 8.59. The topological polar surface area (TPSA) is 26.3 Å². The maximum absolute atomic E-state index is 13.0. The van der Waals surface area contributed by atoms with E-state index in [1.165, 1.54) is 12.1 Å². The van der Waals surface area contributed by atoms with Crippen molar-refractivity contribution in [2.45, 2.75) is 24.7 Å². The lowest BCUT2D eigenvalue weighted by Gasteiger charge is -2.06. The first kappa shape index (κ1) is 16.6. The molecule has 0 radical (unpaired) electrons. The number of hydrogen-bond donors (Lipinski definition) is 0. The molecule has 0 amide bonds. The van der Waals surface area contributed by atoms with Crippen LogP contribution in [0.3, 0.4) is 0 Å². The number of carbonyl (C=O) groups is 1. The summed E-state index contributed by atoms with van der Waals surface area (Å²) in [7, 11) is 0. The van der Waals surface area contributed by atoms with Crippen molar-refractivity contribution in [3.8, 4) is 5.75 Å². The average Bonchev–Trinajstić information content (AvgIpc) is 2.54. The van der Waals surface area contributed by atoms with E-state index in [1.807, 2.05) is 31.2 Å². The predicted molar refractivity (Wildman–Crippen MR) is 88.3 cm³/mol. The van der Waals surface area contributed by atoms with Gasteiger partial charge in [-0.1, -0.05) is 25.1 Å². The van der Waals surface area contributed by atoms with Gasteiger partial charge in [-0.25, -0.2) is 4.39 Å². The van der Waals surface area contributed by atoms with Gasteiger partial charge in [0.1, 0.15) is 11.6 Å². The fourth-order valence-corrected chi connectivity index (χ4v) is 2.76. The highest BCUT2D eigenvalue weighted by atomic mass is 32.2. The molecule has 0 unspecified atom stereocenters. The van der Waals surface area contributed by atoms with Gasteiger partial charge in [0.15, 0.2) is 5.78 Å². The molecule has 0 fully saturated rings. The molecular formula is C18H19FO2S. The number of ether oxygens (including phenoxy) is 1. The van der Waals surface area contributed by atoms with Gasteiger partial charge in [0, 0.05) is 28.7 Å². The highest BCUT2D eigenvalue weighted by Gasteiger charge is 2.02. The lowest BCUT2D eigenvalue weighted by Crippen LogP contribution is -1.99. The molecule has 2 aromatic rings. The van der Waals surface area contributed by atoms with Crippen molar-refractivity contribution in [1.82, 2.24) is 0 Å². The second-order valence-electron chi connectivity index (χ2n) is 4.81. The van der Waals surface area contributed by atoms with E-state index in [-0.39, 0.29) is 11.6 Å². The Balaban J connectivity index is 1.69. The first-order valence-electron chi connectivity index (χ1n) is 7.33. The number of rotatable bonds is 8. The molecular weight excluding hydrogens is 299 g/mol. The van der Waals surface area contributed by atoms with Crippen molar-refractivity contribution >= 4 is 17.5 Å². The van der Waals surface area contributed by atoms with Gasteiger partial charge in [-0.15, -0.1) is 11.8 Å². The molecule has 2 aromatic carbocycles. The number of halogens is 1. The largest absolute Gasteiger partial charge is 0.493 e. The van der Waals surface area contributed by atoms with E-state index < -0.39 is 0 Å². The molecule has 2 nitrogen and oxygen atoms in total. The number of hydrogen-bond acceptors (Lipinski definition) is 3. The van der Waals surface area contributed by atoms with E-state index in [1.54, 1.807) is 23.9 Å². The van der Waals surface area contributed by atoms with Crippen LogP contribution >= 0.6 is 11.8 Å². The van der Waals surface area contributed by atoms with Crippen LogP contribution in [-0.2, 0) is 0 Å². The molecule has 0 aliphatic rings. The Labute approximate surface area is 134 Å². The van der Waals surface area contributed by atoms with E-state index in [9.17, 15) is 9.18 Å². The maximum atomic E-state index is 13.0. The Morgan fingerprint density at radius 3 is 2.64 bits per heavy atom. The van der Waals surface area contributed by atoms with E-state index in [0.29, 0.717) is 18.8 Å². The monoisotopic (exact) mass is 318 g/mol. The Hall–Kier alpha value is -1.81. The number of carbonyl (C=O) groups excluding carboxylic acids is 1. The van der Waals surface area contributed by atoms with E-state index in [0.717, 1.165) is 22.6 Å². The van der Waals surface area contributed by atoms with Crippen LogP contribution in [0.4, 0.5) is 4.39 Å². The van der Waals surface area contributed by atoms with Gasteiger partial charge in [0.2, 0.25) is 0 Å². The van der Waals surface area contributed by atoms with Gasteiger partial charge in [0.25, 0.3) is 0 Å². The zero-order chi connectivity index (χ0) is 15.8. The van der Waals surface area contributed by atoms with Gasteiger partial charge >= 0.3 is 0 Å². The molecule has 0 aliphatic carbocycles. The first-order chi connectivity index (χ1) is 10.7. The third-order valence-corrected chi connectivity index (χ3v) is 4.22. The predicted octanol–water partition coefficient (Wildman–Crippen LogP) is 4.98. The lowest BCUT2D eigenvalue weighted by atomic mass is 10.1. The summed E-state index contributed by atoms with van der Waals surface area (Å²) >= 11 is 1.72. The van der Waals surface area contributed by atoms with Crippen molar-refractivity contribution in [3.63, 3.8) is 0 Å². The summed E-state index contributed by atoms with van der Waals surface area (Å²) in [5.41, 5.74) is 0.765. The third-order valence-electron chi connectivity index (χ3n) is 3.12. The summed E-state index contributed by atoms with van der Waals surface area (Å²) in [5, 5.41) is 0. The van der Waals surface area contributed by atoms with Gasteiger partial charge < -0.3 is 4.74 Å². The minimum atomic E-state index is -0.284. The SMILES string of the molecule is CCC(=O)c1ccc(SCCCOc2cccc(F)c2)cc1. The Morgan fingerprint density at radius 1 is 1.18 bits per heavy atom. The minimum Gasteiger partial charge on any atom is -0.493 e. The summed E-state index contributed by atoms with van der Waals surface area (Å²) in [6, 6.07) is 13.9. The number of benzene rings is 2. The number of thioether (sulfide) groups is 1. The third kappa shape index (κ3) is 5.19. The van der Waals surface area contributed by atoms with Crippen molar-refractivity contribution in [2.24, 2.45) is 0 Å². The van der Waals surface area contributed by atoms with Crippen molar-refractivity contribution in [3.05, 3.63) is 59.9 Å². The Morgan fingerprint density at radius 2 is 1.95 bits per heavy atom. The van der Waals surface area contributed by atoms with Gasteiger partial charge in [-0.3, -0.25) is 4.79 Å². The minimum absolute atomic E-state index is 0.167. The maximum Gasteiger partial charge on any atom is 0.162 e. The Bertz CT molecular complexity index is 611. The van der Waals surface area contributed by atoms with Gasteiger partial charge in [0.05, 0.1) is 6.61 Å². The average molecular weight is 318 g/mol. The van der Waals surface area contributed by atoms with E-state index in [2.05, 4.69) is 0 Å². The molecule has 4 heteroatoms. The molecule has 0 spiro atoms. The smallest absolute Gasteiger partial charge is 0.162 e. The molecule has 0 saturated heterocycles. The summed E-state index contributed by atoms with van der Waals surface area (Å²) in [6.07, 6.45) is 1.40. The number of Topliss-reactive ketones (excluding diaryl/α,β-unsaturated/α-hetero) is 1. The first-order valence-corrected chi connectivity index (χ1v) is 8.32. The number of ketones is 1. The zero-order valence-corrected chi connectivity index (χ0v) is 13.4. The van der Waals surface area contributed by atoms with Crippen LogP contribution < -0.4 is 4.74 Å². The molecule has 0 heterocycles. The Kier molecular flexibility index (Phi) is 6.46. The summed E-state index contributed by atoms with van der Waals surface area (Å²) in [5.74, 6) is 1.36. The molecule has 116 valence electrons. The molecule has 0 saturated carbocycles. The fraction of sp³-hybridized carbons (Fsp3) is 0.278. The molecule has 0 atom stereocenters. The fourth-order valence-electron chi connectivity index (χ4n) is 1.94.